The van der Waals surface area contributed by atoms with Crippen LogP contribution in [0.25, 0.3) is 0 Å². The van der Waals surface area contributed by atoms with Gasteiger partial charge in [0.2, 0.25) is 0 Å². The zero-order chi connectivity index (χ0) is 17.6. The standard InChI is InChI=1S/C17H22N2O5/c1-3-17(4-2)15(21)19(16(22)18-17)12-14(20)24-11-10-23-13-8-6-5-7-9-13/h5-9H,3-4,10-12H2,1-2H3,(H,18,22). The summed E-state index contributed by atoms with van der Waals surface area (Å²) in [5, 5.41) is 2.67. The van der Waals surface area contributed by atoms with Gasteiger partial charge in [-0.15, -0.1) is 0 Å². The van der Waals surface area contributed by atoms with Crippen LogP contribution in [0.5, 0.6) is 5.75 Å². The van der Waals surface area contributed by atoms with Crippen LogP contribution in [0, 0.1) is 0 Å². The minimum Gasteiger partial charge on any atom is -0.490 e. The van der Waals surface area contributed by atoms with Crippen LogP contribution in [0.15, 0.2) is 30.3 Å². The fourth-order valence-electron chi connectivity index (χ4n) is 2.56. The molecular weight excluding hydrogens is 312 g/mol. The SMILES string of the molecule is CCC1(CC)NC(=O)N(CC(=O)OCCOc2ccccc2)C1=O. The van der Waals surface area contributed by atoms with Gasteiger partial charge >= 0.3 is 12.0 Å². The molecule has 1 aliphatic heterocycles. The maximum absolute atomic E-state index is 12.4. The van der Waals surface area contributed by atoms with Gasteiger partial charge < -0.3 is 14.8 Å². The van der Waals surface area contributed by atoms with Crippen LogP contribution in [0.4, 0.5) is 4.79 Å². The fraction of sp³-hybridized carbons (Fsp3) is 0.471. The Balaban J connectivity index is 1.78. The second-order valence-corrected chi connectivity index (χ2v) is 5.49. The molecule has 2 rings (SSSR count). The molecule has 1 saturated heterocycles. The van der Waals surface area contributed by atoms with Gasteiger partial charge in [0.15, 0.2) is 0 Å². The second kappa shape index (κ2) is 7.81. The maximum atomic E-state index is 12.4. The highest BCUT2D eigenvalue weighted by molar-refractivity contribution is 6.08. The molecule has 1 aliphatic rings. The molecule has 0 aromatic heterocycles. The van der Waals surface area contributed by atoms with Crippen LogP contribution in [-0.4, -0.2) is 48.1 Å². The van der Waals surface area contributed by atoms with Gasteiger partial charge in [-0.05, 0) is 25.0 Å². The molecule has 130 valence electrons. The normalized spacial score (nSPS) is 16.0. The number of carbonyl (C=O) groups excluding carboxylic acids is 3. The summed E-state index contributed by atoms with van der Waals surface area (Å²) < 4.78 is 10.4. The molecule has 0 bridgehead atoms. The van der Waals surface area contributed by atoms with Crippen LogP contribution in [0.3, 0.4) is 0 Å². The predicted octanol–water partition coefficient (Wildman–Crippen LogP) is 1.72. The Hall–Kier alpha value is -2.57. The van der Waals surface area contributed by atoms with Crippen molar-refractivity contribution >= 4 is 17.9 Å². The minimum absolute atomic E-state index is 0.0457. The monoisotopic (exact) mass is 334 g/mol. The quantitative estimate of drug-likeness (QED) is 0.444. The molecule has 1 N–H and O–H groups in total. The third-order valence-corrected chi connectivity index (χ3v) is 4.10. The van der Waals surface area contributed by atoms with Gasteiger partial charge in [0.1, 0.15) is 31.0 Å². The van der Waals surface area contributed by atoms with Gasteiger partial charge in [-0.3, -0.25) is 14.5 Å². The van der Waals surface area contributed by atoms with Crippen molar-refractivity contribution in [2.24, 2.45) is 0 Å². The van der Waals surface area contributed by atoms with Crippen molar-refractivity contribution in [3.8, 4) is 5.75 Å². The lowest BCUT2D eigenvalue weighted by atomic mass is 9.93. The van der Waals surface area contributed by atoms with E-state index in [2.05, 4.69) is 5.32 Å². The van der Waals surface area contributed by atoms with E-state index in [9.17, 15) is 14.4 Å². The molecule has 0 radical (unpaired) electrons. The van der Waals surface area contributed by atoms with Gasteiger partial charge in [0, 0.05) is 0 Å². The second-order valence-electron chi connectivity index (χ2n) is 5.49. The van der Waals surface area contributed by atoms with Crippen molar-refractivity contribution < 1.29 is 23.9 Å². The van der Waals surface area contributed by atoms with Crippen molar-refractivity contribution in [1.29, 1.82) is 0 Å². The van der Waals surface area contributed by atoms with Crippen LogP contribution < -0.4 is 10.1 Å². The van der Waals surface area contributed by atoms with Crippen molar-refractivity contribution in [3.05, 3.63) is 30.3 Å². The summed E-state index contributed by atoms with van der Waals surface area (Å²) in [6.45, 7) is 3.50. The number of hydrogen-bond acceptors (Lipinski definition) is 5. The van der Waals surface area contributed by atoms with Crippen molar-refractivity contribution in [1.82, 2.24) is 10.2 Å². The molecule has 0 atom stereocenters. The van der Waals surface area contributed by atoms with E-state index in [1.54, 1.807) is 12.1 Å². The van der Waals surface area contributed by atoms with Crippen molar-refractivity contribution in [2.45, 2.75) is 32.2 Å². The van der Waals surface area contributed by atoms with E-state index >= 15 is 0 Å². The third-order valence-electron chi connectivity index (χ3n) is 4.10. The molecule has 1 aromatic rings. The summed E-state index contributed by atoms with van der Waals surface area (Å²) in [6, 6.07) is 8.59. The Morgan fingerprint density at radius 1 is 1.12 bits per heavy atom. The number of nitrogens with one attached hydrogen (secondary N) is 1. The highest BCUT2D eigenvalue weighted by Crippen LogP contribution is 2.24. The number of amides is 3. The Kier molecular flexibility index (Phi) is 5.78. The number of hydrogen-bond donors (Lipinski definition) is 1. The molecule has 3 amide bonds. The lowest BCUT2D eigenvalue weighted by Crippen LogP contribution is -2.46. The number of carbonyl (C=O) groups is 3. The fourth-order valence-corrected chi connectivity index (χ4v) is 2.56. The van der Waals surface area contributed by atoms with Crippen LogP contribution in [0.1, 0.15) is 26.7 Å². The number of urea groups is 1. The summed E-state index contributed by atoms with van der Waals surface area (Å²) >= 11 is 0. The summed E-state index contributed by atoms with van der Waals surface area (Å²) in [5.41, 5.74) is -0.909. The first-order valence-electron chi connectivity index (χ1n) is 8.00. The molecule has 1 aromatic carbocycles. The van der Waals surface area contributed by atoms with Crippen LogP contribution in [0.2, 0.25) is 0 Å². The van der Waals surface area contributed by atoms with Crippen molar-refractivity contribution in [3.63, 3.8) is 0 Å². The summed E-state index contributed by atoms with van der Waals surface area (Å²) in [5.74, 6) is -0.341. The van der Waals surface area contributed by atoms with Crippen molar-refractivity contribution in [2.75, 3.05) is 19.8 Å². The first kappa shape index (κ1) is 17.8. The molecule has 0 spiro atoms. The van der Waals surface area contributed by atoms with Gasteiger partial charge in [0.25, 0.3) is 5.91 Å². The van der Waals surface area contributed by atoms with Gasteiger partial charge in [-0.2, -0.15) is 0 Å². The van der Waals surface area contributed by atoms with Gasteiger partial charge in [-0.25, -0.2) is 4.79 Å². The average molecular weight is 334 g/mol. The molecule has 1 heterocycles. The minimum atomic E-state index is -0.909. The first-order valence-corrected chi connectivity index (χ1v) is 8.00. The van der Waals surface area contributed by atoms with E-state index in [-0.39, 0.29) is 19.1 Å². The summed E-state index contributed by atoms with van der Waals surface area (Å²) in [7, 11) is 0. The predicted molar refractivity (Wildman–Crippen MR) is 86.5 cm³/mol. The molecule has 0 saturated carbocycles. The topological polar surface area (TPSA) is 84.9 Å². The number of para-hydroxylation sites is 1. The molecule has 7 nitrogen and oxygen atoms in total. The number of benzene rings is 1. The van der Waals surface area contributed by atoms with Gasteiger partial charge in [0.05, 0.1) is 0 Å². The van der Waals surface area contributed by atoms with Crippen LogP contribution in [-0.2, 0) is 14.3 Å². The lowest BCUT2D eigenvalue weighted by Gasteiger charge is -2.22. The Bertz CT molecular complexity index is 598. The smallest absolute Gasteiger partial charge is 0.326 e. The highest BCUT2D eigenvalue weighted by atomic mass is 16.6. The molecule has 7 heteroatoms. The largest absolute Gasteiger partial charge is 0.490 e. The number of nitrogens with zero attached hydrogens (tertiary/aromatic N) is 1. The molecule has 0 unspecified atom stereocenters. The maximum Gasteiger partial charge on any atom is 0.326 e. The number of ether oxygens (including phenoxy) is 2. The summed E-state index contributed by atoms with van der Waals surface area (Å²) in [4.78, 5) is 37.0. The lowest BCUT2D eigenvalue weighted by molar-refractivity contribution is -0.148. The highest BCUT2D eigenvalue weighted by Gasteiger charge is 2.49. The Morgan fingerprint density at radius 2 is 1.79 bits per heavy atom. The Morgan fingerprint density at radius 3 is 2.38 bits per heavy atom. The average Bonchev–Trinajstić information content (AvgIpc) is 2.84. The van der Waals surface area contributed by atoms with Gasteiger partial charge in [-0.1, -0.05) is 32.0 Å². The number of imide groups is 1. The Labute approximate surface area is 140 Å². The van der Waals surface area contributed by atoms with E-state index < -0.39 is 24.1 Å². The van der Waals surface area contributed by atoms with E-state index in [0.717, 1.165) is 4.90 Å². The van der Waals surface area contributed by atoms with E-state index in [0.29, 0.717) is 18.6 Å². The zero-order valence-electron chi connectivity index (χ0n) is 13.9. The zero-order valence-corrected chi connectivity index (χ0v) is 13.9. The summed E-state index contributed by atoms with van der Waals surface area (Å²) in [6.07, 6.45) is 0.953. The van der Waals surface area contributed by atoms with E-state index in [1.165, 1.54) is 0 Å². The van der Waals surface area contributed by atoms with Crippen LogP contribution >= 0.6 is 0 Å². The first-order chi connectivity index (χ1) is 11.5. The molecule has 24 heavy (non-hydrogen) atoms. The van der Waals surface area contributed by atoms with E-state index in [4.69, 9.17) is 9.47 Å². The molecular formula is C17H22N2O5. The number of rotatable bonds is 8. The van der Waals surface area contributed by atoms with E-state index in [1.807, 2.05) is 32.0 Å². The molecule has 0 aliphatic carbocycles. The third kappa shape index (κ3) is 3.84. The molecule has 1 fully saturated rings. The number of esters is 1.